The Morgan fingerprint density at radius 2 is 1.81 bits per heavy atom. The molecule has 2 N–H and O–H groups in total. The van der Waals surface area contributed by atoms with Gasteiger partial charge in [0.1, 0.15) is 11.6 Å². The summed E-state index contributed by atoms with van der Waals surface area (Å²) in [5, 5.41) is 16.8. The van der Waals surface area contributed by atoms with E-state index in [0.29, 0.717) is 23.4 Å². The summed E-state index contributed by atoms with van der Waals surface area (Å²) in [7, 11) is -4.09. The molecule has 0 aliphatic rings. The van der Waals surface area contributed by atoms with Crippen LogP contribution in [0, 0.1) is 18.3 Å². The molecule has 2 aromatic carbocycles. The van der Waals surface area contributed by atoms with Gasteiger partial charge in [-0.2, -0.15) is 10.4 Å². The number of sulfonamides is 1. The lowest BCUT2D eigenvalue weighted by molar-refractivity contribution is 0.256. The standard InChI is InChI=1S/C22H23N5O3S/c1-3-4-13-19-18(15-23)21(27(25-19)17-11-6-5-7-12-17)24-22(28)26-31(29,30)20-14-9-8-10-16(20)2/h5-12,14H,3-4,13H2,1-2H3,(H2,24,26,28). The Kier molecular flexibility index (Phi) is 6.72. The highest BCUT2D eigenvalue weighted by atomic mass is 32.2. The zero-order valence-electron chi connectivity index (χ0n) is 17.3. The number of carbonyl (C=O) groups excluding carboxylic acids is 1. The highest BCUT2D eigenvalue weighted by Crippen LogP contribution is 2.25. The van der Waals surface area contributed by atoms with Gasteiger partial charge in [0.2, 0.25) is 0 Å². The number of aryl methyl sites for hydroxylation is 2. The van der Waals surface area contributed by atoms with Gasteiger partial charge in [0.05, 0.1) is 16.3 Å². The molecule has 1 heterocycles. The molecule has 0 unspecified atom stereocenters. The lowest BCUT2D eigenvalue weighted by Gasteiger charge is -2.12. The monoisotopic (exact) mass is 437 g/mol. The number of rotatable bonds is 7. The van der Waals surface area contributed by atoms with E-state index < -0.39 is 16.1 Å². The van der Waals surface area contributed by atoms with E-state index in [2.05, 4.69) is 16.5 Å². The molecule has 0 aliphatic carbocycles. The fourth-order valence-corrected chi connectivity index (χ4v) is 4.29. The molecule has 31 heavy (non-hydrogen) atoms. The molecule has 0 atom stereocenters. The predicted octanol–water partition coefficient (Wildman–Crippen LogP) is 3.91. The summed E-state index contributed by atoms with van der Waals surface area (Å²) < 4.78 is 28.8. The van der Waals surface area contributed by atoms with Crippen LogP contribution in [-0.2, 0) is 16.4 Å². The third-order valence-electron chi connectivity index (χ3n) is 4.68. The van der Waals surface area contributed by atoms with Crippen LogP contribution < -0.4 is 10.0 Å². The topological polar surface area (TPSA) is 117 Å². The number of urea groups is 1. The van der Waals surface area contributed by atoms with Gasteiger partial charge in [0, 0.05) is 0 Å². The van der Waals surface area contributed by atoms with Crippen molar-refractivity contribution >= 4 is 21.9 Å². The third-order valence-corrected chi connectivity index (χ3v) is 6.17. The van der Waals surface area contributed by atoms with Crippen LogP contribution in [0.25, 0.3) is 5.69 Å². The third kappa shape index (κ3) is 4.92. The number of benzene rings is 2. The van der Waals surface area contributed by atoms with E-state index >= 15 is 0 Å². The second kappa shape index (κ2) is 9.45. The normalized spacial score (nSPS) is 11.0. The lowest BCUT2D eigenvalue weighted by atomic mass is 10.1. The molecule has 0 aliphatic heterocycles. The van der Waals surface area contributed by atoms with Gasteiger partial charge in [0.25, 0.3) is 10.0 Å². The van der Waals surface area contributed by atoms with Gasteiger partial charge in [-0.05, 0) is 43.5 Å². The number of anilines is 1. The summed E-state index contributed by atoms with van der Waals surface area (Å²) >= 11 is 0. The second-order valence-corrected chi connectivity index (χ2v) is 8.61. The number of unbranched alkanes of at least 4 members (excludes halogenated alkanes) is 1. The van der Waals surface area contributed by atoms with Gasteiger partial charge in [0.15, 0.2) is 5.82 Å². The molecule has 2 amide bonds. The first-order valence-electron chi connectivity index (χ1n) is 9.84. The van der Waals surface area contributed by atoms with E-state index in [1.54, 1.807) is 49.4 Å². The predicted molar refractivity (Wildman–Crippen MR) is 117 cm³/mol. The van der Waals surface area contributed by atoms with Gasteiger partial charge in [-0.15, -0.1) is 0 Å². The number of carbonyl (C=O) groups is 1. The number of aromatic nitrogens is 2. The molecule has 0 spiro atoms. The molecular weight excluding hydrogens is 414 g/mol. The van der Waals surface area contributed by atoms with Gasteiger partial charge < -0.3 is 0 Å². The van der Waals surface area contributed by atoms with E-state index in [4.69, 9.17) is 0 Å². The smallest absolute Gasteiger partial charge is 0.290 e. The van der Waals surface area contributed by atoms with Crippen LogP contribution >= 0.6 is 0 Å². The van der Waals surface area contributed by atoms with Crippen molar-refractivity contribution in [2.45, 2.75) is 38.0 Å². The SMILES string of the molecule is CCCCc1nn(-c2ccccc2)c(NC(=O)NS(=O)(=O)c2ccccc2C)c1C#N. The maximum absolute atomic E-state index is 12.7. The number of nitriles is 1. The average Bonchev–Trinajstić information content (AvgIpc) is 3.09. The molecule has 0 saturated heterocycles. The maximum atomic E-state index is 12.7. The zero-order valence-corrected chi connectivity index (χ0v) is 18.1. The van der Waals surface area contributed by atoms with Gasteiger partial charge in [-0.3, -0.25) is 5.32 Å². The minimum atomic E-state index is -4.09. The van der Waals surface area contributed by atoms with Gasteiger partial charge >= 0.3 is 6.03 Å². The summed E-state index contributed by atoms with van der Waals surface area (Å²) in [6, 6.07) is 16.5. The van der Waals surface area contributed by atoms with Gasteiger partial charge in [-0.1, -0.05) is 49.7 Å². The largest absolute Gasteiger partial charge is 0.334 e. The number of nitrogens with one attached hydrogen (secondary N) is 2. The molecule has 3 rings (SSSR count). The van der Waals surface area contributed by atoms with Crippen molar-refractivity contribution in [3.63, 3.8) is 0 Å². The molecular formula is C22H23N5O3S. The van der Waals surface area contributed by atoms with E-state index in [1.807, 2.05) is 17.7 Å². The molecule has 0 saturated carbocycles. The number of amides is 2. The Morgan fingerprint density at radius 3 is 2.45 bits per heavy atom. The molecule has 9 heteroatoms. The van der Waals surface area contributed by atoms with Crippen molar-refractivity contribution in [3.8, 4) is 11.8 Å². The van der Waals surface area contributed by atoms with Gasteiger partial charge in [-0.25, -0.2) is 22.6 Å². The summed E-state index contributed by atoms with van der Waals surface area (Å²) in [4.78, 5) is 12.6. The van der Waals surface area contributed by atoms with Crippen molar-refractivity contribution in [2.75, 3.05) is 5.32 Å². The average molecular weight is 438 g/mol. The number of hydrogen-bond acceptors (Lipinski definition) is 5. The molecule has 0 fully saturated rings. The molecule has 0 radical (unpaired) electrons. The van der Waals surface area contributed by atoms with E-state index in [1.165, 1.54) is 10.7 Å². The van der Waals surface area contributed by atoms with E-state index in [9.17, 15) is 18.5 Å². The van der Waals surface area contributed by atoms with Crippen LogP contribution in [0.15, 0.2) is 59.5 Å². The highest BCUT2D eigenvalue weighted by Gasteiger charge is 2.24. The Labute approximate surface area is 181 Å². The number of hydrogen-bond donors (Lipinski definition) is 2. The molecule has 8 nitrogen and oxygen atoms in total. The molecule has 3 aromatic rings. The fourth-order valence-electron chi connectivity index (χ4n) is 3.14. The summed E-state index contributed by atoms with van der Waals surface area (Å²) in [6.07, 6.45) is 2.31. The van der Waals surface area contributed by atoms with Crippen molar-refractivity contribution < 1.29 is 13.2 Å². The van der Waals surface area contributed by atoms with Crippen molar-refractivity contribution in [1.29, 1.82) is 5.26 Å². The van der Waals surface area contributed by atoms with Crippen LogP contribution in [0.4, 0.5) is 10.6 Å². The fraction of sp³-hybridized carbons (Fsp3) is 0.227. The molecule has 0 bridgehead atoms. The minimum absolute atomic E-state index is 0.00542. The van der Waals surface area contributed by atoms with Crippen molar-refractivity contribution in [1.82, 2.24) is 14.5 Å². The quantitative estimate of drug-likeness (QED) is 0.581. The Balaban J connectivity index is 1.96. The van der Waals surface area contributed by atoms with Crippen LogP contribution in [0.1, 0.15) is 36.6 Å². The first-order chi connectivity index (χ1) is 14.9. The summed E-state index contributed by atoms with van der Waals surface area (Å²) in [5.41, 5.74) is 1.90. The Hall–Kier alpha value is -3.64. The van der Waals surface area contributed by atoms with Crippen LogP contribution in [0.2, 0.25) is 0 Å². The zero-order chi connectivity index (χ0) is 22.4. The first kappa shape index (κ1) is 22.1. The highest BCUT2D eigenvalue weighted by molar-refractivity contribution is 7.90. The number of nitrogens with zero attached hydrogens (tertiary/aromatic N) is 3. The summed E-state index contributed by atoms with van der Waals surface area (Å²) in [5.74, 6) is 0.122. The number of para-hydroxylation sites is 1. The van der Waals surface area contributed by atoms with E-state index in [-0.39, 0.29) is 16.3 Å². The Morgan fingerprint density at radius 1 is 1.13 bits per heavy atom. The Bertz CT molecular complexity index is 1230. The van der Waals surface area contributed by atoms with Crippen molar-refractivity contribution in [3.05, 3.63) is 71.4 Å². The first-order valence-corrected chi connectivity index (χ1v) is 11.3. The van der Waals surface area contributed by atoms with Crippen molar-refractivity contribution in [2.24, 2.45) is 0 Å². The minimum Gasteiger partial charge on any atom is -0.290 e. The summed E-state index contributed by atoms with van der Waals surface area (Å²) in [6.45, 7) is 3.67. The van der Waals surface area contributed by atoms with Crippen LogP contribution in [-0.4, -0.2) is 24.2 Å². The second-order valence-electron chi connectivity index (χ2n) is 6.96. The maximum Gasteiger partial charge on any atom is 0.334 e. The molecule has 1 aromatic heterocycles. The molecule has 160 valence electrons. The van der Waals surface area contributed by atoms with Crippen LogP contribution in [0.5, 0.6) is 0 Å². The van der Waals surface area contributed by atoms with E-state index in [0.717, 1.165) is 12.8 Å². The van der Waals surface area contributed by atoms with Crippen LogP contribution in [0.3, 0.4) is 0 Å². The lowest BCUT2D eigenvalue weighted by Crippen LogP contribution is -2.35.